The zero-order chi connectivity index (χ0) is 18.5. The number of halogens is 1. The molecule has 0 radical (unpaired) electrons. The average Bonchev–Trinajstić information content (AvgIpc) is 3.08. The lowest BCUT2D eigenvalue weighted by Gasteiger charge is -2.11. The van der Waals surface area contributed by atoms with E-state index in [2.05, 4.69) is 10.3 Å². The molecule has 136 valence electrons. The summed E-state index contributed by atoms with van der Waals surface area (Å²) in [5.74, 6) is -0.577. The molecule has 1 amide bonds. The molecule has 1 atom stereocenters. The molecule has 0 fully saturated rings. The number of hydrogen-bond acceptors (Lipinski definition) is 3. The summed E-state index contributed by atoms with van der Waals surface area (Å²) in [6, 6.07) is 11.9. The predicted molar refractivity (Wildman–Crippen MR) is 98.4 cm³/mol. The summed E-state index contributed by atoms with van der Waals surface area (Å²) >= 11 is 0. The Morgan fingerprint density at radius 3 is 2.62 bits per heavy atom. The Labute approximate surface area is 150 Å². The van der Waals surface area contributed by atoms with Crippen molar-refractivity contribution in [2.75, 3.05) is 13.2 Å². The maximum Gasteiger partial charge on any atom is 0.253 e. The molecule has 0 aliphatic carbocycles. The molecule has 5 nitrogen and oxygen atoms in total. The Morgan fingerprint density at radius 2 is 1.88 bits per heavy atom. The van der Waals surface area contributed by atoms with Gasteiger partial charge in [-0.3, -0.25) is 4.79 Å². The van der Waals surface area contributed by atoms with Crippen LogP contribution in [0, 0.1) is 5.82 Å². The number of aliphatic hydroxyl groups excluding tert-OH is 2. The molecule has 0 spiro atoms. The minimum Gasteiger partial charge on any atom is -0.396 e. The zero-order valence-corrected chi connectivity index (χ0v) is 14.2. The van der Waals surface area contributed by atoms with Gasteiger partial charge in [0, 0.05) is 30.3 Å². The molecule has 2 aromatic carbocycles. The Balaban J connectivity index is 1.79. The van der Waals surface area contributed by atoms with E-state index >= 15 is 0 Å². The molecule has 0 bridgehead atoms. The number of carbonyl (C=O) groups excluding carboxylic acids is 1. The molecule has 1 heterocycles. The largest absolute Gasteiger partial charge is 0.396 e. The van der Waals surface area contributed by atoms with Gasteiger partial charge >= 0.3 is 0 Å². The van der Waals surface area contributed by atoms with Gasteiger partial charge in [-0.15, -0.1) is 0 Å². The van der Waals surface area contributed by atoms with E-state index in [1.165, 1.54) is 12.1 Å². The van der Waals surface area contributed by atoms with Crippen LogP contribution in [0.25, 0.3) is 22.0 Å². The number of aromatic amines is 1. The van der Waals surface area contributed by atoms with Gasteiger partial charge in [-0.05, 0) is 48.2 Å². The number of aliphatic hydroxyl groups is 2. The molecular weight excluding hydrogens is 335 g/mol. The van der Waals surface area contributed by atoms with Crippen LogP contribution in [0.5, 0.6) is 0 Å². The van der Waals surface area contributed by atoms with E-state index in [1.54, 1.807) is 18.3 Å². The van der Waals surface area contributed by atoms with E-state index in [0.717, 1.165) is 22.0 Å². The highest BCUT2D eigenvalue weighted by atomic mass is 19.1. The third-order valence-corrected chi connectivity index (χ3v) is 4.30. The number of amides is 1. The number of rotatable bonds is 7. The van der Waals surface area contributed by atoms with Crippen LogP contribution < -0.4 is 5.32 Å². The van der Waals surface area contributed by atoms with Gasteiger partial charge in [0.05, 0.1) is 11.7 Å². The Bertz CT molecular complexity index is 890. The van der Waals surface area contributed by atoms with Crippen molar-refractivity contribution in [1.82, 2.24) is 10.3 Å². The number of carbonyl (C=O) groups is 1. The summed E-state index contributed by atoms with van der Waals surface area (Å²) in [6.07, 6.45) is 1.87. The monoisotopic (exact) mass is 356 g/mol. The fourth-order valence-electron chi connectivity index (χ4n) is 2.87. The molecule has 3 rings (SSSR count). The third-order valence-electron chi connectivity index (χ3n) is 4.30. The highest BCUT2D eigenvalue weighted by Crippen LogP contribution is 2.26. The van der Waals surface area contributed by atoms with Gasteiger partial charge in [0.1, 0.15) is 5.82 Å². The predicted octanol–water partition coefficient (Wildman–Crippen LogP) is 2.84. The molecule has 1 aromatic heterocycles. The molecular formula is C20H21FN2O3. The van der Waals surface area contributed by atoms with E-state index in [1.807, 2.05) is 18.2 Å². The highest BCUT2D eigenvalue weighted by molar-refractivity contribution is 6.07. The van der Waals surface area contributed by atoms with Crippen molar-refractivity contribution < 1.29 is 19.4 Å². The van der Waals surface area contributed by atoms with Crippen LogP contribution in [0.15, 0.2) is 48.7 Å². The average molecular weight is 356 g/mol. The molecule has 0 aliphatic rings. The van der Waals surface area contributed by atoms with E-state index in [-0.39, 0.29) is 24.9 Å². The van der Waals surface area contributed by atoms with Gasteiger partial charge in [-0.1, -0.05) is 18.2 Å². The van der Waals surface area contributed by atoms with Gasteiger partial charge in [0.25, 0.3) is 5.91 Å². The number of nitrogens with one attached hydrogen (secondary N) is 2. The molecule has 6 heteroatoms. The summed E-state index contributed by atoms with van der Waals surface area (Å²) in [7, 11) is 0. The molecule has 0 saturated heterocycles. The van der Waals surface area contributed by atoms with Crippen LogP contribution in [-0.2, 0) is 0 Å². The zero-order valence-electron chi connectivity index (χ0n) is 14.2. The van der Waals surface area contributed by atoms with E-state index < -0.39 is 6.10 Å². The van der Waals surface area contributed by atoms with Crippen molar-refractivity contribution in [3.8, 4) is 11.1 Å². The summed E-state index contributed by atoms with van der Waals surface area (Å²) in [5.41, 5.74) is 3.05. The van der Waals surface area contributed by atoms with Crippen molar-refractivity contribution in [3.63, 3.8) is 0 Å². The number of fused-ring (bicyclic) bond motifs is 1. The minimum atomic E-state index is -0.689. The summed E-state index contributed by atoms with van der Waals surface area (Å²) in [4.78, 5) is 15.5. The van der Waals surface area contributed by atoms with Crippen LogP contribution in [0.4, 0.5) is 4.39 Å². The first-order chi connectivity index (χ1) is 12.6. The maximum atomic E-state index is 13.1. The van der Waals surface area contributed by atoms with Crippen LogP contribution in [0.1, 0.15) is 23.2 Å². The Hall–Kier alpha value is -2.70. The molecule has 0 saturated carbocycles. The Morgan fingerprint density at radius 1 is 1.15 bits per heavy atom. The second-order valence-corrected chi connectivity index (χ2v) is 6.20. The molecule has 3 aromatic rings. The SMILES string of the molecule is O=C(NCC(O)CCCO)c1c[nH]c2ccc(-c3ccc(F)cc3)cc12. The van der Waals surface area contributed by atoms with Gasteiger partial charge in [-0.25, -0.2) is 4.39 Å². The number of aromatic nitrogens is 1. The summed E-state index contributed by atoms with van der Waals surface area (Å²) in [6.45, 7) is 0.142. The van der Waals surface area contributed by atoms with Gasteiger partial charge in [0.2, 0.25) is 0 Å². The van der Waals surface area contributed by atoms with E-state index in [4.69, 9.17) is 5.11 Å². The highest BCUT2D eigenvalue weighted by Gasteiger charge is 2.14. The fourth-order valence-corrected chi connectivity index (χ4v) is 2.87. The lowest BCUT2D eigenvalue weighted by molar-refractivity contribution is 0.0906. The lowest BCUT2D eigenvalue weighted by Crippen LogP contribution is -2.32. The number of benzene rings is 2. The first kappa shape index (κ1) is 18.1. The second-order valence-electron chi connectivity index (χ2n) is 6.20. The molecule has 26 heavy (non-hydrogen) atoms. The topological polar surface area (TPSA) is 85.3 Å². The van der Waals surface area contributed by atoms with Crippen LogP contribution >= 0.6 is 0 Å². The quantitative estimate of drug-likeness (QED) is 0.525. The second kappa shape index (κ2) is 8.12. The van der Waals surface area contributed by atoms with E-state index in [0.29, 0.717) is 18.4 Å². The van der Waals surface area contributed by atoms with Crippen molar-refractivity contribution in [2.24, 2.45) is 0 Å². The van der Waals surface area contributed by atoms with Gasteiger partial charge < -0.3 is 20.5 Å². The summed E-state index contributed by atoms with van der Waals surface area (Å²) in [5, 5.41) is 22.0. The van der Waals surface area contributed by atoms with E-state index in [9.17, 15) is 14.3 Å². The maximum absolute atomic E-state index is 13.1. The number of hydrogen-bond donors (Lipinski definition) is 4. The van der Waals surface area contributed by atoms with Crippen molar-refractivity contribution in [1.29, 1.82) is 0 Å². The summed E-state index contributed by atoms with van der Waals surface area (Å²) < 4.78 is 13.1. The molecule has 1 unspecified atom stereocenters. The van der Waals surface area contributed by atoms with Gasteiger partial charge in [0.15, 0.2) is 0 Å². The van der Waals surface area contributed by atoms with Crippen LogP contribution in [0.2, 0.25) is 0 Å². The standard InChI is InChI=1S/C20H21FN2O3/c21-15-6-3-13(4-7-15)14-5-8-19-17(10-14)18(12-22-19)20(26)23-11-16(25)2-1-9-24/h3-8,10,12,16,22,24-25H,1-2,9,11H2,(H,23,26). The number of H-pyrrole nitrogens is 1. The lowest BCUT2D eigenvalue weighted by atomic mass is 10.0. The van der Waals surface area contributed by atoms with Crippen LogP contribution in [-0.4, -0.2) is 40.4 Å². The minimum absolute atomic E-state index is 0.0135. The third kappa shape index (κ3) is 4.09. The normalized spacial score (nSPS) is 12.3. The first-order valence-corrected chi connectivity index (χ1v) is 8.52. The van der Waals surface area contributed by atoms with Crippen LogP contribution in [0.3, 0.4) is 0 Å². The Kier molecular flexibility index (Phi) is 5.65. The van der Waals surface area contributed by atoms with Crippen molar-refractivity contribution in [3.05, 3.63) is 60.0 Å². The van der Waals surface area contributed by atoms with Crippen molar-refractivity contribution >= 4 is 16.8 Å². The van der Waals surface area contributed by atoms with Crippen molar-refractivity contribution in [2.45, 2.75) is 18.9 Å². The smallest absolute Gasteiger partial charge is 0.253 e. The fraction of sp³-hybridized carbons (Fsp3) is 0.250. The molecule has 4 N–H and O–H groups in total. The molecule has 0 aliphatic heterocycles. The van der Waals surface area contributed by atoms with Gasteiger partial charge in [-0.2, -0.15) is 0 Å². The first-order valence-electron chi connectivity index (χ1n) is 8.52.